The summed E-state index contributed by atoms with van der Waals surface area (Å²) >= 11 is 3.23. The number of aromatic nitrogens is 3. The Labute approximate surface area is 215 Å². The monoisotopic (exact) mass is 520 g/mol. The summed E-state index contributed by atoms with van der Waals surface area (Å²) < 4.78 is 5.37. The number of nitrogens with one attached hydrogen (secondary N) is 2. The fourth-order valence-electron chi connectivity index (χ4n) is 3.88. The minimum Gasteiger partial charge on any atom is -0.444 e. The summed E-state index contributed by atoms with van der Waals surface area (Å²) in [5.74, 6) is 2.41. The average Bonchev–Trinajstić information content (AvgIpc) is 3.19. The van der Waals surface area contributed by atoms with E-state index in [9.17, 15) is 9.59 Å². The number of carbonyl (C=O) groups is 2. The second kappa shape index (κ2) is 12.0. The van der Waals surface area contributed by atoms with E-state index in [-0.39, 0.29) is 11.8 Å². The number of rotatable bonds is 8. The predicted molar refractivity (Wildman–Crippen MR) is 142 cm³/mol. The standard InChI is InChI=1S/C24H36N6O3S2/c1-15-13-19(29-22-25-14-16(2)35-22)28-20(26-15)17-7-10-30(11-8-17)21(31)18(9-12-34-6)27-23(32)33-24(3,4)5/h13-14,17-18H,7-12H2,1-6H3,(H,27,32)(H,25,26,28,29). The van der Waals surface area contributed by atoms with Crippen LogP contribution < -0.4 is 10.6 Å². The molecule has 0 radical (unpaired) electrons. The maximum atomic E-state index is 13.3. The van der Waals surface area contributed by atoms with Crippen molar-refractivity contribution in [1.29, 1.82) is 0 Å². The van der Waals surface area contributed by atoms with Crippen LogP contribution in [0.15, 0.2) is 12.3 Å². The van der Waals surface area contributed by atoms with Crippen LogP contribution >= 0.6 is 23.1 Å². The molecule has 11 heteroatoms. The Hall–Kier alpha value is -2.40. The van der Waals surface area contributed by atoms with Gasteiger partial charge in [0.05, 0.1) is 0 Å². The lowest BCUT2D eigenvalue weighted by Crippen LogP contribution is -2.51. The van der Waals surface area contributed by atoms with Gasteiger partial charge in [-0.2, -0.15) is 11.8 Å². The summed E-state index contributed by atoms with van der Waals surface area (Å²) in [7, 11) is 0. The Balaban J connectivity index is 1.62. The van der Waals surface area contributed by atoms with E-state index in [4.69, 9.17) is 9.72 Å². The minimum absolute atomic E-state index is 0.0602. The molecule has 1 saturated heterocycles. The smallest absolute Gasteiger partial charge is 0.408 e. The summed E-state index contributed by atoms with van der Waals surface area (Å²) in [6.07, 6.45) is 5.36. The number of anilines is 2. The molecular formula is C24H36N6O3S2. The third-order valence-corrected chi connectivity index (χ3v) is 6.97. The Bertz CT molecular complexity index is 1010. The fourth-order valence-corrected chi connectivity index (χ4v) is 5.02. The lowest BCUT2D eigenvalue weighted by atomic mass is 9.95. The van der Waals surface area contributed by atoms with Crippen LogP contribution in [0.4, 0.5) is 15.7 Å². The van der Waals surface area contributed by atoms with Crippen LogP contribution in [0.2, 0.25) is 0 Å². The number of aryl methyl sites for hydroxylation is 2. The molecule has 0 spiro atoms. The third-order valence-electron chi connectivity index (χ3n) is 5.50. The first-order chi connectivity index (χ1) is 16.5. The first-order valence-electron chi connectivity index (χ1n) is 11.9. The van der Waals surface area contributed by atoms with Crippen LogP contribution in [0.25, 0.3) is 0 Å². The van der Waals surface area contributed by atoms with Gasteiger partial charge in [0.15, 0.2) is 5.13 Å². The van der Waals surface area contributed by atoms with Crippen LogP contribution in [0, 0.1) is 13.8 Å². The van der Waals surface area contributed by atoms with Gasteiger partial charge >= 0.3 is 6.09 Å². The highest BCUT2D eigenvalue weighted by atomic mass is 32.2. The molecule has 1 aliphatic heterocycles. The molecule has 0 aromatic carbocycles. The van der Waals surface area contributed by atoms with Gasteiger partial charge in [0, 0.05) is 41.8 Å². The molecular weight excluding hydrogens is 484 g/mol. The van der Waals surface area contributed by atoms with Crippen LogP contribution in [0.3, 0.4) is 0 Å². The van der Waals surface area contributed by atoms with Gasteiger partial charge in [0.1, 0.15) is 23.3 Å². The summed E-state index contributed by atoms with van der Waals surface area (Å²) in [4.78, 5) is 42.3. The van der Waals surface area contributed by atoms with Crippen molar-refractivity contribution in [3.05, 3.63) is 28.7 Å². The van der Waals surface area contributed by atoms with Crippen molar-refractivity contribution in [3.63, 3.8) is 0 Å². The van der Waals surface area contributed by atoms with E-state index in [1.807, 2.05) is 58.0 Å². The Morgan fingerprint density at radius 3 is 2.57 bits per heavy atom. The molecule has 35 heavy (non-hydrogen) atoms. The van der Waals surface area contributed by atoms with E-state index in [0.29, 0.717) is 19.5 Å². The number of likely N-dealkylation sites (tertiary alicyclic amines) is 1. The van der Waals surface area contributed by atoms with E-state index < -0.39 is 17.7 Å². The molecule has 9 nitrogen and oxygen atoms in total. The molecule has 1 atom stereocenters. The van der Waals surface area contributed by atoms with Crippen molar-refractivity contribution >= 4 is 46.0 Å². The Kier molecular flexibility index (Phi) is 9.34. The minimum atomic E-state index is -0.616. The molecule has 192 valence electrons. The molecule has 0 bridgehead atoms. The summed E-state index contributed by atoms with van der Waals surface area (Å²) in [6.45, 7) is 10.6. The largest absolute Gasteiger partial charge is 0.444 e. The second-order valence-corrected chi connectivity index (χ2v) is 12.0. The molecule has 1 unspecified atom stereocenters. The van der Waals surface area contributed by atoms with Gasteiger partial charge in [-0.1, -0.05) is 0 Å². The number of ether oxygens (including phenoxy) is 1. The van der Waals surface area contributed by atoms with Crippen molar-refractivity contribution in [2.24, 2.45) is 0 Å². The van der Waals surface area contributed by atoms with Gasteiger partial charge in [-0.15, -0.1) is 11.3 Å². The zero-order valence-electron chi connectivity index (χ0n) is 21.4. The molecule has 3 rings (SSSR count). The van der Waals surface area contributed by atoms with E-state index in [2.05, 4.69) is 20.6 Å². The Morgan fingerprint density at radius 2 is 1.97 bits per heavy atom. The number of amides is 2. The maximum absolute atomic E-state index is 13.3. The Morgan fingerprint density at radius 1 is 1.26 bits per heavy atom. The number of thioether (sulfide) groups is 1. The third kappa shape index (κ3) is 8.34. The molecule has 2 N–H and O–H groups in total. The van der Waals surface area contributed by atoms with Gasteiger partial charge in [-0.05, 0) is 65.9 Å². The van der Waals surface area contributed by atoms with Gasteiger partial charge in [0.2, 0.25) is 5.91 Å². The molecule has 2 aromatic rings. The zero-order chi connectivity index (χ0) is 25.6. The van der Waals surface area contributed by atoms with Gasteiger partial charge in [-0.25, -0.2) is 19.7 Å². The quantitative estimate of drug-likeness (QED) is 0.518. The van der Waals surface area contributed by atoms with Crippen molar-refractivity contribution in [3.8, 4) is 0 Å². The molecule has 1 aliphatic rings. The number of hydrogen-bond donors (Lipinski definition) is 2. The predicted octanol–water partition coefficient (Wildman–Crippen LogP) is 4.65. The SMILES string of the molecule is CSCCC(NC(=O)OC(C)(C)C)C(=O)N1CCC(c2nc(C)cc(Nc3ncc(C)s3)n2)CC1. The van der Waals surface area contributed by atoms with Crippen LogP contribution in [-0.4, -0.2) is 68.6 Å². The summed E-state index contributed by atoms with van der Waals surface area (Å²) in [6, 6.07) is 1.32. The average molecular weight is 521 g/mol. The highest BCUT2D eigenvalue weighted by Gasteiger charge is 2.31. The maximum Gasteiger partial charge on any atom is 0.408 e. The number of hydrogen-bond acceptors (Lipinski definition) is 9. The molecule has 1 fully saturated rings. The first kappa shape index (κ1) is 27.2. The van der Waals surface area contributed by atoms with E-state index in [1.54, 1.807) is 23.1 Å². The highest BCUT2D eigenvalue weighted by molar-refractivity contribution is 7.98. The molecule has 2 aromatic heterocycles. The normalized spacial score (nSPS) is 15.5. The first-order valence-corrected chi connectivity index (χ1v) is 14.1. The summed E-state index contributed by atoms with van der Waals surface area (Å²) in [5.41, 5.74) is 0.276. The molecule has 3 heterocycles. The number of alkyl carbamates (subject to hydrolysis) is 1. The van der Waals surface area contributed by atoms with Crippen molar-refractivity contribution < 1.29 is 14.3 Å². The van der Waals surface area contributed by atoms with Crippen LogP contribution in [0.1, 0.15) is 62.3 Å². The molecule has 0 aliphatic carbocycles. The molecule has 2 amide bonds. The number of carbonyl (C=O) groups excluding carboxylic acids is 2. The van der Waals surface area contributed by atoms with Crippen molar-refractivity contribution in [2.75, 3.05) is 30.4 Å². The van der Waals surface area contributed by atoms with Crippen molar-refractivity contribution in [2.45, 2.75) is 71.4 Å². The van der Waals surface area contributed by atoms with E-state index >= 15 is 0 Å². The molecule has 0 saturated carbocycles. The fraction of sp³-hybridized carbons (Fsp3) is 0.625. The van der Waals surface area contributed by atoms with Crippen molar-refractivity contribution in [1.82, 2.24) is 25.2 Å². The number of piperidine rings is 1. The van der Waals surface area contributed by atoms with Gasteiger partial charge < -0.3 is 20.3 Å². The number of nitrogens with zero attached hydrogens (tertiary/aromatic N) is 4. The number of thiazole rings is 1. The van der Waals surface area contributed by atoms with Gasteiger partial charge in [0.25, 0.3) is 0 Å². The topological polar surface area (TPSA) is 109 Å². The van der Waals surface area contributed by atoms with Gasteiger partial charge in [-0.3, -0.25) is 4.79 Å². The lowest BCUT2D eigenvalue weighted by Gasteiger charge is -2.34. The zero-order valence-corrected chi connectivity index (χ0v) is 23.0. The van der Waals surface area contributed by atoms with Crippen LogP contribution in [0.5, 0.6) is 0 Å². The summed E-state index contributed by atoms with van der Waals surface area (Å²) in [5, 5.41) is 6.87. The van der Waals surface area contributed by atoms with E-state index in [1.165, 1.54) is 0 Å². The van der Waals surface area contributed by atoms with E-state index in [0.717, 1.165) is 45.9 Å². The highest BCUT2D eigenvalue weighted by Crippen LogP contribution is 2.28. The van der Waals surface area contributed by atoms with Crippen LogP contribution in [-0.2, 0) is 9.53 Å². The lowest BCUT2D eigenvalue weighted by molar-refractivity contribution is -0.134. The second-order valence-electron chi connectivity index (χ2n) is 9.73.